The van der Waals surface area contributed by atoms with E-state index in [0.29, 0.717) is 165 Å². The third-order valence-electron chi connectivity index (χ3n) is 5.78. The van der Waals surface area contributed by atoms with Crippen LogP contribution in [0.3, 0.4) is 0 Å². The molecule has 0 fully saturated rings. The van der Waals surface area contributed by atoms with Crippen molar-refractivity contribution < 1.29 is 81.1 Å². The lowest BCUT2D eigenvalue weighted by atomic mass is 10.4. The molecule has 0 aromatic rings. The molecule has 1 amide bonds. The molecule has 0 aliphatic heterocycles. The van der Waals surface area contributed by atoms with Gasteiger partial charge in [-0.2, -0.15) is 0 Å². The molecule has 0 bridgehead atoms. The highest BCUT2D eigenvalue weighted by atomic mass is 16.6. The minimum atomic E-state index is -0.880. The van der Waals surface area contributed by atoms with Gasteiger partial charge in [-0.1, -0.05) is 0 Å². The largest absolute Gasteiger partial charge is 0.481 e. The smallest absolute Gasteiger partial charge is 0.305 e. The second-order valence-corrected chi connectivity index (χ2v) is 9.83. The van der Waals surface area contributed by atoms with Gasteiger partial charge in [0.1, 0.15) is 6.29 Å². The fourth-order valence-corrected chi connectivity index (χ4v) is 3.31. The maximum atomic E-state index is 11.3. The predicted molar refractivity (Wildman–Crippen MR) is 177 cm³/mol. The number of carboxylic acids is 1. The van der Waals surface area contributed by atoms with Crippen molar-refractivity contribution in [1.29, 1.82) is 0 Å². The van der Waals surface area contributed by atoms with Gasteiger partial charge in [-0.05, 0) is 0 Å². The van der Waals surface area contributed by atoms with E-state index in [4.69, 9.17) is 66.7 Å². The van der Waals surface area contributed by atoms with E-state index < -0.39 is 5.97 Å². The summed E-state index contributed by atoms with van der Waals surface area (Å²) in [6.07, 6.45) is 0.833. The number of aldehydes is 1. The van der Waals surface area contributed by atoms with Gasteiger partial charge in [0, 0.05) is 6.42 Å². The summed E-state index contributed by atoms with van der Waals surface area (Å²) in [4.78, 5) is 31.7. The monoisotopic (exact) mass is 731 g/mol. The highest BCUT2D eigenvalue weighted by Crippen LogP contribution is 1.89. The van der Waals surface area contributed by atoms with Gasteiger partial charge in [-0.15, -0.1) is 0 Å². The lowest BCUT2D eigenvalue weighted by molar-refractivity contribution is -0.138. The minimum absolute atomic E-state index is 0.00832. The quantitative estimate of drug-likeness (QED) is 0.0592. The Bertz CT molecular complexity index is 722. The van der Waals surface area contributed by atoms with Crippen LogP contribution in [0.1, 0.15) is 12.8 Å². The maximum Gasteiger partial charge on any atom is 0.305 e. The van der Waals surface area contributed by atoms with Gasteiger partial charge < -0.3 is 76.8 Å². The summed E-state index contributed by atoms with van der Waals surface area (Å²) < 4.78 is 70.0. The Hall–Kier alpha value is -1.91. The van der Waals surface area contributed by atoms with Gasteiger partial charge >= 0.3 is 5.97 Å². The number of hydrogen-bond donors (Lipinski definition) is 2. The van der Waals surface area contributed by atoms with Crippen molar-refractivity contribution in [2.45, 2.75) is 12.8 Å². The Kier molecular flexibility index (Phi) is 41.6. The zero-order valence-electron chi connectivity index (χ0n) is 29.6. The van der Waals surface area contributed by atoms with Gasteiger partial charge in [0.25, 0.3) is 0 Å². The number of ether oxygens (including phenoxy) is 13. The lowest BCUT2D eigenvalue weighted by Gasteiger charge is -2.09. The first-order chi connectivity index (χ1) is 24.7. The lowest BCUT2D eigenvalue weighted by Crippen LogP contribution is -2.26. The topological polar surface area (TPSA) is 203 Å². The summed E-state index contributed by atoms with van der Waals surface area (Å²) >= 11 is 0. The number of carbonyl (C=O) groups excluding carboxylic acids is 2. The van der Waals surface area contributed by atoms with Crippen LogP contribution in [0.25, 0.3) is 0 Å². The highest BCUT2D eigenvalue weighted by molar-refractivity contribution is 5.78. The Morgan fingerprint density at radius 1 is 0.360 bits per heavy atom. The van der Waals surface area contributed by atoms with E-state index in [1.165, 1.54) is 0 Å². The van der Waals surface area contributed by atoms with Crippen molar-refractivity contribution in [2.75, 3.05) is 178 Å². The standard InChI is InChI=1S/C32H61NO17/c34-4-3-33-31(35)1-5-38-7-9-40-11-13-42-15-17-44-19-21-46-23-25-48-27-29-50-30-28-49-26-24-47-22-20-45-18-16-43-14-12-41-10-8-39-6-2-32(36)37/h4H,1-3,5-30H2,(H,33,35)(H,36,37). The Balaban J connectivity index is 3.08. The first-order valence-electron chi connectivity index (χ1n) is 17.1. The van der Waals surface area contributed by atoms with Crippen molar-refractivity contribution in [3.63, 3.8) is 0 Å². The van der Waals surface area contributed by atoms with Gasteiger partial charge in [-0.3, -0.25) is 9.59 Å². The zero-order chi connectivity index (χ0) is 36.3. The number of carbonyl (C=O) groups is 3. The molecule has 0 radical (unpaired) electrons. The number of nitrogens with one attached hydrogen (secondary N) is 1. The average Bonchev–Trinajstić information content (AvgIpc) is 3.11. The summed E-state index contributed by atoms with van der Waals surface area (Å²) in [6.45, 7) is 11.4. The SMILES string of the molecule is O=CCNC(=O)CCOCCOCCOCCOCCOCCOCCOCCOCCOCCOCCOCCOCCOCCC(=O)O. The third-order valence-corrected chi connectivity index (χ3v) is 5.78. The van der Waals surface area contributed by atoms with Gasteiger partial charge in [0.15, 0.2) is 0 Å². The van der Waals surface area contributed by atoms with E-state index in [9.17, 15) is 14.4 Å². The zero-order valence-corrected chi connectivity index (χ0v) is 29.6. The number of rotatable bonds is 44. The number of hydrogen-bond acceptors (Lipinski definition) is 16. The predicted octanol–water partition coefficient (Wildman–Crippen LogP) is -0.618. The van der Waals surface area contributed by atoms with Crippen molar-refractivity contribution >= 4 is 18.2 Å². The molecule has 0 unspecified atom stereocenters. The molecule has 0 saturated carbocycles. The van der Waals surface area contributed by atoms with E-state index in [2.05, 4.69) is 5.32 Å². The van der Waals surface area contributed by atoms with Crippen LogP contribution in [-0.4, -0.2) is 202 Å². The molecule has 18 heteroatoms. The minimum Gasteiger partial charge on any atom is -0.481 e. The molecule has 0 saturated heterocycles. The molecule has 0 rings (SSSR count). The Morgan fingerprint density at radius 3 is 0.760 bits per heavy atom. The van der Waals surface area contributed by atoms with Gasteiger partial charge in [0.05, 0.1) is 185 Å². The molecule has 0 spiro atoms. The molecule has 18 nitrogen and oxygen atoms in total. The van der Waals surface area contributed by atoms with Crippen LogP contribution < -0.4 is 5.32 Å². The Morgan fingerprint density at radius 2 is 0.560 bits per heavy atom. The van der Waals surface area contributed by atoms with Crippen LogP contribution in [0.5, 0.6) is 0 Å². The van der Waals surface area contributed by atoms with E-state index in [1.54, 1.807) is 0 Å². The van der Waals surface area contributed by atoms with E-state index in [1.807, 2.05) is 0 Å². The molecule has 50 heavy (non-hydrogen) atoms. The molecule has 296 valence electrons. The van der Waals surface area contributed by atoms with Crippen molar-refractivity contribution in [3.8, 4) is 0 Å². The second-order valence-electron chi connectivity index (χ2n) is 9.83. The fourth-order valence-electron chi connectivity index (χ4n) is 3.31. The number of aliphatic carboxylic acids is 1. The van der Waals surface area contributed by atoms with E-state index in [-0.39, 0.29) is 38.5 Å². The molecule has 0 heterocycles. The summed E-state index contributed by atoms with van der Waals surface area (Å²) in [5.74, 6) is -1.10. The first-order valence-corrected chi connectivity index (χ1v) is 17.1. The van der Waals surface area contributed by atoms with Crippen LogP contribution >= 0.6 is 0 Å². The Labute approximate surface area is 295 Å². The average molecular weight is 732 g/mol. The number of amides is 1. The summed E-state index contributed by atoms with van der Waals surface area (Å²) in [7, 11) is 0. The van der Waals surface area contributed by atoms with E-state index >= 15 is 0 Å². The van der Waals surface area contributed by atoms with Crippen LogP contribution in [0.2, 0.25) is 0 Å². The van der Waals surface area contributed by atoms with Crippen LogP contribution in [0.15, 0.2) is 0 Å². The van der Waals surface area contributed by atoms with Crippen molar-refractivity contribution in [2.24, 2.45) is 0 Å². The number of carboxylic acid groups (broad SMARTS) is 1. The molecule has 0 aromatic heterocycles. The molecule has 0 aliphatic rings. The molecular formula is C32H61NO17. The normalized spacial score (nSPS) is 11.3. The molecule has 0 aliphatic carbocycles. The fraction of sp³-hybridized carbons (Fsp3) is 0.906. The maximum absolute atomic E-state index is 11.3. The molecule has 2 N–H and O–H groups in total. The molecule has 0 aromatic carbocycles. The van der Waals surface area contributed by atoms with E-state index in [0.717, 1.165) is 0 Å². The van der Waals surface area contributed by atoms with Crippen molar-refractivity contribution in [1.82, 2.24) is 5.32 Å². The van der Waals surface area contributed by atoms with Crippen molar-refractivity contribution in [3.05, 3.63) is 0 Å². The van der Waals surface area contributed by atoms with Crippen LogP contribution in [0.4, 0.5) is 0 Å². The van der Waals surface area contributed by atoms with Gasteiger partial charge in [0.2, 0.25) is 5.91 Å². The van der Waals surface area contributed by atoms with Gasteiger partial charge in [-0.25, -0.2) is 0 Å². The highest BCUT2D eigenvalue weighted by Gasteiger charge is 2.00. The summed E-state index contributed by atoms with van der Waals surface area (Å²) in [6, 6.07) is 0. The van der Waals surface area contributed by atoms with Crippen LogP contribution in [0, 0.1) is 0 Å². The third kappa shape index (κ3) is 44.1. The second kappa shape index (κ2) is 43.3. The molecule has 0 atom stereocenters. The van der Waals surface area contributed by atoms with Crippen LogP contribution in [-0.2, 0) is 76.0 Å². The first kappa shape index (κ1) is 48.1. The molecular weight excluding hydrogens is 670 g/mol. The summed E-state index contributed by atoms with van der Waals surface area (Å²) in [5.41, 5.74) is 0. The summed E-state index contributed by atoms with van der Waals surface area (Å²) in [5, 5.41) is 10.9.